The topological polar surface area (TPSA) is 63.2 Å². The summed E-state index contributed by atoms with van der Waals surface area (Å²) in [4.78, 5) is 22.9. The van der Waals surface area contributed by atoms with Gasteiger partial charge in [0.2, 0.25) is 0 Å². The van der Waals surface area contributed by atoms with Gasteiger partial charge < -0.3 is 19.2 Å². The van der Waals surface area contributed by atoms with Crippen molar-refractivity contribution in [1.29, 1.82) is 0 Å². The minimum atomic E-state index is -0.503. The average Bonchev–Trinajstić information content (AvgIpc) is 3.21. The van der Waals surface area contributed by atoms with Crippen LogP contribution in [0.2, 0.25) is 5.02 Å². The van der Waals surface area contributed by atoms with Gasteiger partial charge >= 0.3 is 0 Å². The van der Waals surface area contributed by atoms with E-state index in [1.165, 1.54) is 10.6 Å². The number of nitrogens with zero attached hydrogens (tertiary/aromatic N) is 3. The molecule has 33 heavy (non-hydrogen) atoms. The Hall–Kier alpha value is -3.16. The van der Waals surface area contributed by atoms with Crippen LogP contribution >= 0.6 is 11.6 Å². The van der Waals surface area contributed by atoms with Gasteiger partial charge in [-0.05, 0) is 37.6 Å². The van der Waals surface area contributed by atoms with Crippen LogP contribution in [-0.2, 0) is 11.3 Å². The molecule has 0 aliphatic carbocycles. The standard InChI is InChI=1S/C25H24ClFN4O2/c1-15-12-31(13-16(2)33-15)19-9-20-21(11-29-25(20)28-10-19)17-6-7-30(23(32)8-17)14-18-4-3-5-22(26)24(18)27/h3-11,15-16H,12-14H2,1-2H3,(H,28,29)/t15-,16?/m1/s1. The first-order valence-electron chi connectivity index (χ1n) is 10.9. The van der Waals surface area contributed by atoms with Crippen LogP contribution in [0.4, 0.5) is 10.1 Å². The van der Waals surface area contributed by atoms with Crippen molar-refractivity contribution in [3.8, 4) is 11.1 Å². The Morgan fingerprint density at radius 3 is 2.76 bits per heavy atom. The summed E-state index contributed by atoms with van der Waals surface area (Å²) < 4.78 is 21.6. The van der Waals surface area contributed by atoms with Crippen LogP contribution in [0, 0.1) is 5.82 Å². The van der Waals surface area contributed by atoms with Crippen LogP contribution in [0.5, 0.6) is 0 Å². The van der Waals surface area contributed by atoms with E-state index < -0.39 is 5.82 Å². The van der Waals surface area contributed by atoms with Gasteiger partial charge in [0.05, 0.1) is 35.7 Å². The minimum Gasteiger partial charge on any atom is -0.372 e. The molecule has 0 spiro atoms. The predicted molar refractivity (Wildman–Crippen MR) is 129 cm³/mol. The highest BCUT2D eigenvalue weighted by atomic mass is 35.5. The minimum absolute atomic E-state index is 0.0447. The molecule has 8 heteroatoms. The number of halogens is 2. The second-order valence-electron chi connectivity index (χ2n) is 8.55. The molecule has 170 valence electrons. The number of hydrogen-bond acceptors (Lipinski definition) is 4. The number of H-pyrrole nitrogens is 1. The summed E-state index contributed by atoms with van der Waals surface area (Å²) in [5.41, 5.74) is 3.60. The second kappa shape index (κ2) is 8.65. The van der Waals surface area contributed by atoms with Crippen molar-refractivity contribution in [2.24, 2.45) is 0 Å². The zero-order valence-corrected chi connectivity index (χ0v) is 19.1. The van der Waals surface area contributed by atoms with E-state index in [9.17, 15) is 9.18 Å². The number of ether oxygens (including phenoxy) is 1. The van der Waals surface area contributed by atoms with E-state index in [1.807, 2.05) is 18.5 Å². The fraction of sp³-hybridized carbons (Fsp3) is 0.280. The fourth-order valence-electron chi connectivity index (χ4n) is 4.45. The van der Waals surface area contributed by atoms with Gasteiger partial charge in [-0.25, -0.2) is 9.37 Å². The number of pyridine rings is 2. The summed E-state index contributed by atoms with van der Waals surface area (Å²) in [5, 5.41) is 0.987. The van der Waals surface area contributed by atoms with Crippen molar-refractivity contribution in [2.75, 3.05) is 18.0 Å². The molecule has 1 saturated heterocycles. The lowest BCUT2D eigenvalue weighted by atomic mass is 10.1. The SMILES string of the molecule is CC1CN(c2cnc3[nH]cc(-c4ccn(Cc5cccc(Cl)c5F)c(=O)c4)c3c2)C[C@@H](C)O1. The van der Waals surface area contributed by atoms with E-state index in [0.717, 1.165) is 40.9 Å². The molecule has 4 heterocycles. The lowest BCUT2D eigenvalue weighted by molar-refractivity contribution is -0.00522. The van der Waals surface area contributed by atoms with Crippen LogP contribution in [0.25, 0.3) is 22.2 Å². The van der Waals surface area contributed by atoms with Crippen molar-refractivity contribution in [3.63, 3.8) is 0 Å². The third-order valence-corrected chi connectivity index (χ3v) is 6.27. The molecule has 1 aromatic carbocycles. The van der Waals surface area contributed by atoms with Crippen LogP contribution in [0.3, 0.4) is 0 Å². The zero-order valence-electron chi connectivity index (χ0n) is 18.4. The molecule has 2 atom stereocenters. The first kappa shape index (κ1) is 21.7. The lowest BCUT2D eigenvalue weighted by Gasteiger charge is -2.36. The van der Waals surface area contributed by atoms with Crippen molar-refractivity contribution in [2.45, 2.75) is 32.6 Å². The highest BCUT2D eigenvalue weighted by molar-refractivity contribution is 6.30. The molecule has 0 saturated carbocycles. The average molecular weight is 467 g/mol. The number of rotatable bonds is 4. The molecule has 5 rings (SSSR count). The molecule has 1 unspecified atom stereocenters. The van der Waals surface area contributed by atoms with Crippen molar-refractivity contribution < 1.29 is 9.13 Å². The maximum absolute atomic E-state index is 14.3. The molecule has 4 aromatic rings. The summed E-state index contributed by atoms with van der Waals surface area (Å²) in [5.74, 6) is -0.503. The normalized spacial score (nSPS) is 18.7. The molecule has 3 aromatic heterocycles. The Kier molecular flexibility index (Phi) is 5.68. The second-order valence-corrected chi connectivity index (χ2v) is 8.96. The Morgan fingerprint density at radius 1 is 1.21 bits per heavy atom. The number of aromatic amines is 1. The lowest BCUT2D eigenvalue weighted by Crippen LogP contribution is -2.45. The molecule has 6 nitrogen and oxygen atoms in total. The number of nitrogens with one attached hydrogen (secondary N) is 1. The zero-order chi connectivity index (χ0) is 23.1. The van der Waals surface area contributed by atoms with Crippen molar-refractivity contribution >= 4 is 28.3 Å². The van der Waals surface area contributed by atoms with Crippen LogP contribution < -0.4 is 10.5 Å². The van der Waals surface area contributed by atoms with Gasteiger partial charge in [-0.1, -0.05) is 23.7 Å². The maximum atomic E-state index is 14.3. The molecule has 0 bridgehead atoms. The fourth-order valence-corrected chi connectivity index (χ4v) is 4.65. The smallest absolute Gasteiger partial charge is 0.251 e. The summed E-state index contributed by atoms with van der Waals surface area (Å²) in [6.07, 6.45) is 5.70. The van der Waals surface area contributed by atoms with E-state index >= 15 is 0 Å². The monoisotopic (exact) mass is 466 g/mol. The molecule has 1 aliphatic heterocycles. The van der Waals surface area contributed by atoms with E-state index in [4.69, 9.17) is 16.3 Å². The summed E-state index contributed by atoms with van der Waals surface area (Å²) in [7, 11) is 0. The summed E-state index contributed by atoms with van der Waals surface area (Å²) in [6, 6.07) is 10.3. The molecule has 0 radical (unpaired) electrons. The van der Waals surface area contributed by atoms with Crippen LogP contribution in [-0.4, -0.2) is 39.8 Å². The van der Waals surface area contributed by atoms with Gasteiger partial charge in [0.1, 0.15) is 11.5 Å². The highest BCUT2D eigenvalue weighted by Crippen LogP contribution is 2.31. The van der Waals surface area contributed by atoms with Gasteiger partial charge in [0.15, 0.2) is 0 Å². The Labute approximate surface area is 195 Å². The van der Waals surface area contributed by atoms with Gasteiger partial charge in [-0.2, -0.15) is 0 Å². The van der Waals surface area contributed by atoms with Crippen molar-refractivity contribution in [3.05, 3.63) is 81.7 Å². The van der Waals surface area contributed by atoms with Gasteiger partial charge in [-0.3, -0.25) is 4.79 Å². The summed E-state index contributed by atoms with van der Waals surface area (Å²) >= 11 is 5.87. The van der Waals surface area contributed by atoms with E-state index in [0.29, 0.717) is 5.56 Å². The number of anilines is 1. The van der Waals surface area contributed by atoms with E-state index in [2.05, 4.69) is 34.8 Å². The number of benzene rings is 1. The molecule has 0 amide bonds. The van der Waals surface area contributed by atoms with Crippen molar-refractivity contribution in [1.82, 2.24) is 14.5 Å². The number of hydrogen-bond donors (Lipinski definition) is 1. The summed E-state index contributed by atoms with van der Waals surface area (Å²) in [6.45, 7) is 5.85. The molecule has 1 aliphatic rings. The first-order chi connectivity index (χ1) is 15.9. The van der Waals surface area contributed by atoms with Gasteiger partial charge in [0, 0.05) is 48.1 Å². The Morgan fingerprint density at radius 2 is 2.00 bits per heavy atom. The maximum Gasteiger partial charge on any atom is 0.251 e. The van der Waals surface area contributed by atoms with E-state index in [1.54, 1.807) is 24.4 Å². The number of morpholine rings is 1. The number of aromatic nitrogens is 3. The molecule has 1 fully saturated rings. The molecular formula is C25H24ClFN4O2. The van der Waals surface area contributed by atoms with E-state index in [-0.39, 0.29) is 29.3 Å². The third kappa shape index (κ3) is 4.26. The van der Waals surface area contributed by atoms with Crippen LogP contribution in [0.1, 0.15) is 19.4 Å². The number of fused-ring (bicyclic) bond motifs is 1. The first-order valence-corrected chi connectivity index (χ1v) is 11.3. The predicted octanol–water partition coefficient (Wildman–Crippen LogP) is 4.85. The van der Waals surface area contributed by atoms with Gasteiger partial charge in [0.25, 0.3) is 5.56 Å². The van der Waals surface area contributed by atoms with Crippen LogP contribution in [0.15, 0.2) is 59.8 Å². The quantitative estimate of drug-likeness (QED) is 0.467. The Balaban J connectivity index is 1.47. The molecule has 1 N–H and O–H groups in total. The largest absolute Gasteiger partial charge is 0.372 e. The highest BCUT2D eigenvalue weighted by Gasteiger charge is 2.23. The van der Waals surface area contributed by atoms with Gasteiger partial charge in [-0.15, -0.1) is 0 Å². The molecular weight excluding hydrogens is 443 g/mol. The Bertz CT molecular complexity index is 1370. The third-order valence-electron chi connectivity index (χ3n) is 5.98.